The Balaban J connectivity index is 1.86. The Bertz CT molecular complexity index is 879. The van der Waals surface area contributed by atoms with Crippen molar-refractivity contribution in [3.8, 4) is 0 Å². The number of benzene rings is 2. The first-order valence-corrected chi connectivity index (χ1v) is 9.88. The molecule has 0 saturated carbocycles. The molecule has 1 aliphatic rings. The molecule has 3 nitrogen and oxygen atoms in total. The van der Waals surface area contributed by atoms with E-state index in [4.69, 9.17) is 16.3 Å². The van der Waals surface area contributed by atoms with Crippen LogP contribution in [0.1, 0.15) is 30.1 Å². The molecule has 0 aliphatic carbocycles. The van der Waals surface area contributed by atoms with Gasteiger partial charge in [0.15, 0.2) is 9.84 Å². The van der Waals surface area contributed by atoms with Crippen molar-refractivity contribution in [3.63, 3.8) is 0 Å². The first-order valence-electron chi connectivity index (χ1n) is 7.96. The summed E-state index contributed by atoms with van der Waals surface area (Å²) in [5, 5.41) is -0.252. The van der Waals surface area contributed by atoms with Crippen molar-refractivity contribution in [1.82, 2.24) is 0 Å². The molecule has 3 rings (SSSR count). The standard InChI is InChI=1S/C18H16ClF3O3S/c19-14-6-4-12(5-7-14)17-11-16(8-9-25-17)26(23,24)15-3-1-2-13(10-15)18(20,21)22/h1-7,10,16-17H,8-9,11H2/t16-,17-/m1/s1. The van der Waals surface area contributed by atoms with Gasteiger partial charge < -0.3 is 4.74 Å². The van der Waals surface area contributed by atoms with Crippen molar-refractivity contribution < 1.29 is 26.3 Å². The summed E-state index contributed by atoms with van der Waals surface area (Å²) in [6.45, 7) is 0.218. The second-order valence-electron chi connectivity index (χ2n) is 6.13. The first kappa shape index (κ1) is 19.2. The molecule has 26 heavy (non-hydrogen) atoms. The van der Waals surface area contributed by atoms with Crippen molar-refractivity contribution in [2.75, 3.05) is 6.61 Å². The fourth-order valence-corrected chi connectivity index (χ4v) is 4.90. The minimum atomic E-state index is -4.59. The lowest BCUT2D eigenvalue weighted by atomic mass is 10.0. The van der Waals surface area contributed by atoms with Gasteiger partial charge >= 0.3 is 6.18 Å². The summed E-state index contributed by atoms with van der Waals surface area (Å²) in [7, 11) is -3.90. The van der Waals surface area contributed by atoms with Gasteiger partial charge in [0.1, 0.15) is 0 Å². The SMILES string of the molecule is O=S(=O)(c1cccc(C(F)(F)F)c1)[C@@H]1CCO[C@@H](c2ccc(Cl)cc2)C1. The Kier molecular flexibility index (Phi) is 5.33. The van der Waals surface area contributed by atoms with E-state index in [9.17, 15) is 21.6 Å². The van der Waals surface area contributed by atoms with Gasteiger partial charge in [0.2, 0.25) is 0 Å². The third-order valence-corrected chi connectivity index (χ3v) is 6.88. The van der Waals surface area contributed by atoms with Crippen LogP contribution in [0.15, 0.2) is 53.4 Å². The van der Waals surface area contributed by atoms with E-state index in [0.29, 0.717) is 11.1 Å². The fraction of sp³-hybridized carbons (Fsp3) is 0.333. The zero-order valence-electron chi connectivity index (χ0n) is 13.5. The van der Waals surface area contributed by atoms with Crippen LogP contribution >= 0.6 is 11.6 Å². The van der Waals surface area contributed by atoms with Crippen molar-refractivity contribution in [3.05, 3.63) is 64.7 Å². The molecule has 8 heteroatoms. The molecule has 0 amide bonds. The molecule has 0 aromatic heterocycles. The molecular weight excluding hydrogens is 389 g/mol. The Morgan fingerprint density at radius 2 is 1.77 bits per heavy atom. The van der Waals surface area contributed by atoms with E-state index in [1.807, 2.05) is 0 Å². The van der Waals surface area contributed by atoms with E-state index in [2.05, 4.69) is 0 Å². The second-order valence-corrected chi connectivity index (χ2v) is 8.79. The summed E-state index contributed by atoms with van der Waals surface area (Å²) >= 11 is 5.85. The molecule has 0 unspecified atom stereocenters. The highest BCUT2D eigenvalue weighted by molar-refractivity contribution is 7.92. The predicted octanol–water partition coefficient (Wildman–Crippen LogP) is 5.05. The molecule has 1 aliphatic heterocycles. The smallest absolute Gasteiger partial charge is 0.373 e. The van der Waals surface area contributed by atoms with Gasteiger partial charge in [-0.1, -0.05) is 29.8 Å². The van der Waals surface area contributed by atoms with Crippen LogP contribution in [0.4, 0.5) is 13.2 Å². The Morgan fingerprint density at radius 1 is 1.08 bits per heavy atom. The molecule has 0 radical (unpaired) electrons. The van der Waals surface area contributed by atoms with E-state index in [-0.39, 0.29) is 24.3 Å². The normalized spacial score (nSPS) is 21.5. The Labute approximate surface area is 154 Å². The van der Waals surface area contributed by atoms with Crippen LogP contribution in [-0.4, -0.2) is 20.3 Å². The molecule has 1 saturated heterocycles. The van der Waals surface area contributed by atoms with E-state index < -0.39 is 32.9 Å². The molecule has 2 aromatic carbocycles. The lowest BCUT2D eigenvalue weighted by molar-refractivity contribution is -0.137. The van der Waals surface area contributed by atoms with Crippen LogP contribution in [0.2, 0.25) is 5.02 Å². The number of rotatable bonds is 3. The molecule has 2 atom stereocenters. The number of alkyl halides is 3. The zero-order valence-corrected chi connectivity index (χ0v) is 15.1. The average molecular weight is 405 g/mol. The number of hydrogen-bond acceptors (Lipinski definition) is 3. The molecule has 1 fully saturated rings. The maximum atomic E-state index is 12.9. The Morgan fingerprint density at radius 3 is 2.42 bits per heavy atom. The summed E-state index contributed by atoms with van der Waals surface area (Å²) in [4.78, 5) is -0.311. The van der Waals surface area contributed by atoms with E-state index >= 15 is 0 Å². The maximum Gasteiger partial charge on any atom is 0.416 e. The van der Waals surface area contributed by atoms with E-state index in [0.717, 1.165) is 17.7 Å². The monoisotopic (exact) mass is 404 g/mol. The number of ether oxygens (including phenoxy) is 1. The highest BCUT2D eigenvalue weighted by Crippen LogP contribution is 2.36. The van der Waals surface area contributed by atoms with Crippen molar-refractivity contribution >= 4 is 21.4 Å². The van der Waals surface area contributed by atoms with Gasteiger partial charge in [0, 0.05) is 11.6 Å². The highest BCUT2D eigenvalue weighted by Gasteiger charge is 2.36. The van der Waals surface area contributed by atoms with E-state index in [1.165, 1.54) is 6.07 Å². The number of hydrogen-bond donors (Lipinski definition) is 0. The topological polar surface area (TPSA) is 43.4 Å². The van der Waals surface area contributed by atoms with Gasteiger partial charge in [-0.3, -0.25) is 0 Å². The third-order valence-electron chi connectivity index (χ3n) is 4.41. The summed E-state index contributed by atoms with van der Waals surface area (Å²) < 4.78 is 70.0. The van der Waals surface area contributed by atoms with Crippen molar-refractivity contribution in [2.24, 2.45) is 0 Å². The van der Waals surface area contributed by atoms with Gasteiger partial charge in [0.05, 0.1) is 21.8 Å². The first-order chi connectivity index (χ1) is 12.2. The molecule has 140 valence electrons. The fourth-order valence-electron chi connectivity index (χ4n) is 3.00. The predicted molar refractivity (Wildman–Crippen MR) is 91.8 cm³/mol. The van der Waals surface area contributed by atoms with Crippen molar-refractivity contribution in [2.45, 2.75) is 35.3 Å². The van der Waals surface area contributed by atoms with Crippen LogP contribution in [0, 0.1) is 0 Å². The number of sulfone groups is 1. The largest absolute Gasteiger partial charge is 0.416 e. The second kappa shape index (κ2) is 7.21. The summed E-state index contributed by atoms with van der Waals surface area (Å²) in [6, 6.07) is 10.8. The minimum Gasteiger partial charge on any atom is -0.373 e. The van der Waals surface area contributed by atoms with Gasteiger partial charge in [-0.25, -0.2) is 8.42 Å². The van der Waals surface area contributed by atoms with Crippen LogP contribution in [0.3, 0.4) is 0 Å². The molecule has 0 spiro atoms. The molecular formula is C18H16ClF3O3S. The van der Waals surface area contributed by atoms with Crippen LogP contribution in [0.5, 0.6) is 0 Å². The van der Waals surface area contributed by atoms with Crippen molar-refractivity contribution in [1.29, 1.82) is 0 Å². The van der Waals surface area contributed by atoms with Gasteiger partial charge in [-0.2, -0.15) is 13.2 Å². The molecule has 2 aromatic rings. The van der Waals surface area contributed by atoms with Gasteiger partial charge in [0.25, 0.3) is 0 Å². The van der Waals surface area contributed by atoms with Gasteiger partial charge in [-0.15, -0.1) is 0 Å². The summed E-state index contributed by atoms with van der Waals surface area (Å²) in [5.41, 5.74) is -0.182. The van der Waals surface area contributed by atoms with Crippen LogP contribution < -0.4 is 0 Å². The zero-order chi connectivity index (χ0) is 18.9. The van der Waals surface area contributed by atoms with Crippen LogP contribution in [0.25, 0.3) is 0 Å². The quantitative estimate of drug-likeness (QED) is 0.718. The van der Waals surface area contributed by atoms with E-state index in [1.54, 1.807) is 24.3 Å². The molecule has 0 N–H and O–H groups in total. The lowest BCUT2D eigenvalue weighted by Gasteiger charge is -2.29. The third kappa shape index (κ3) is 4.05. The summed E-state index contributed by atoms with van der Waals surface area (Å²) in [5.74, 6) is 0. The molecule has 0 bridgehead atoms. The molecule has 1 heterocycles. The minimum absolute atomic E-state index is 0.181. The maximum absolute atomic E-state index is 12.9. The van der Waals surface area contributed by atoms with Gasteiger partial charge in [-0.05, 0) is 48.7 Å². The summed E-state index contributed by atoms with van der Waals surface area (Å²) in [6.07, 6.45) is -4.61. The van der Waals surface area contributed by atoms with Crippen LogP contribution in [-0.2, 0) is 20.8 Å². The lowest BCUT2D eigenvalue weighted by Crippen LogP contribution is -2.31. The average Bonchev–Trinajstić information content (AvgIpc) is 2.62. The highest BCUT2D eigenvalue weighted by atomic mass is 35.5. The Hall–Kier alpha value is -1.57. The number of halogens is 4.